The van der Waals surface area contributed by atoms with Crippen LogP contribution < -0.4 is 5.43 Å². The van der Waals surface area contributed by atoms with E-state index in [0.717, 1.165) is 37.0 Å². The summed E-state index contributed by atoms with van der Waals surface area (Å²) in [5.74, 6) is -2.63. The molecule has 2 aromatic carbocycles. The molecule has 0 atom stereocenters. The lowest BCUT2D eigenvalue weighted by molar-refractivity contribution is 0.368. The molecule has 0 spiro atoms. The van der Waals surface area contributed by atoms with Crippen molar-refractivity contribution in [2.75, 3.05) is 0 Å². The van der Waals surface area contributed by atoms with E-state index in [1.54, 1.807) is 12.1 Å². The number of aryl methyl sites for hydroxylation is 1. The minimum Gasteiger partial charge on any atom is -0.504 e. The van der Waals surface area contributed by atoms with Crippen LogP contribution in [0.1, 0.15) is 76.7 Å². The fourth-order valence-corrected chi connectivity index (χ4v) is 4.13. The smallest absolute Gasteiger partial charge is 0.235 e. The summed E-state index contributed by atoms with van der Waals surface area (Å²) in [6, 6.07) is 7.57. The van der Waals surface area contributed by atoms with E-state index in [0.29, 0.717) is 5.58 Å². The van der Waals surface area contributed by atoms with Gasteiger partial charge in [-0.3, -0.25) is 4.79 Å². The second-order valence-electron chi connectivity index (χ2n) is 8.73. The van der Waals surface area contributed by atoms with E-state index in [1.165, 1.54) is 51.4 Å². The Kier molecular flexibility index (Phi) is 8.64. The van der Waals surface area contributed by atoms with Gasteiger partial charge in [-0.1, -0.05) is 70.8 Å². The van der Waals surface area contributed by atoms with Gasteiger partial charge in [0.1, 0.15) is 5.58 Å². The lowest BCUT2D eigenvalue weighted by Gasteiger charge is -2.09. The Morgan fingerprint density at radius 2 is 1.30 bits per heavy atom. The van der Waals surface area contributed by atoms with Gasteiger partial charge in [0.15, 0.2) is 23.0 Å². The van der Waals surface area contributed by atoms with Crippen LogP contribution >= 0.6 is 0 Å². The van der Waals surface area contributed by atoms with Gasteiger partial charge in [0, 0.05) is 5.56 Å². The second kappa shape index (κ2) is 11.6. The van der Waals surface area contributed by atoms with Crippen LogP contribution in [0.3, 0.4) is 0 Å². The number of phenols is 3. The normalized spacial score (nSPS) is 11.3. The Morgan fingerprint density at radius 3 is 1.91 bits per heavy atom. The van der Waals surface area contributed by atoms with Gasteiger partial charge in [-0.15, -0.1) is 0 Å². The molecule has 0 radical (unpaired) electrons. The molecule has 0 fully saturated rings. The summed E-state index contributed by atoms with van der Waals surface area (Å²) in [6.07, 6.45) is 13.5. The van der Waals surface area contributed by atoms with Gasteiger partial charge in [-0.25, -0.2) is 0 Å². The van der Waals surface area contributed by atoms with Crippen LogP contribution in [0, 0.1) is 0 Å². The summed E-state index contributed by atoms with van der Waals surface area (Å²) in [6.45, 7) is 2.24. The first-order valence-electron chi connectivity index (χ1n) is 12.0. The lowest BCUT2D eigenvalue weighted by atomic mass is 10.0. The number of fused-ring (bicyclic) bond motifs is 1. The highest BCUT2D eigenvalue weighted by molar-refractivity contribution is 5.83. The minimum atomic E-state index is -0.680. The molecule has 178 valence electrons. The summed E-state index contributed by atoms with van der Waals surface area (Å²) < 4.78 is 5.80. The van der Waals surface area contributed by atoms with Crippen LogP contribution in [0.2, 0.25) is 0 Å². The molecule has 1 aromatic heterocycles. The molecular weight excluding hydrogens is 420 g/mol. The third kappa shape index (κ3) is 6.21. The lowest BCUT2D eigenvalue weighted by Crippen LogP contribution is -2.03. The van der Waals surface area contributed by atoms with E-state index in [9.17, 15) is 25.2 Å². The molecule has 3 rings (SSSR count). The summed E-state index contributed by atoms with van der Waals surface area (Å²) >= 11 is 0. The number of hydrogen-bond acceptors (Lipinski definition) is 6. The molecule has 0 unspecified atom stereocenters. The van der Waals surface area contributed by atoms with Crippen LogP contribution in [0.5, 0.6) is 23.0 Å². The molecule has 3 aromatic rings. The highest BCUT2D eigenvalue weighted by Gasteiger charge is 2.18. The highest BCUT2D eigenvalue weighted by atomic mass is 16.4. The number of rotatable bonds is 12. The van der Waals surface area contributed by atoms with Gasteiger partial charge < -0.3 is 24.8 Å². The van der Waals surface area contributed by atoms with Crippen molar-refractivity contribution in [3.63, 3.8) is 0 Å². The fourth-order valence-electron chi connectivity index (χ4n) is 4.13. The molecule has 6 heteroatoms. The van der Waals surface area contributed by atoms with Crippen molar-refractivity contribution in [3.05, 3.63) is 46.1 Å². The van der Waals surface area contributed by atoms with E-state index in [2.05, 4.69) is 6.92 Å². The van der Waals surface area contributed by atoms with Gasteiger partial charge >= 0.3 is 0 Å². The van der Waals surface area contributed by atoms with E-state index in [4.69, 9.17) is 4.42 Å². The Labute approximate surface area is 194 Å². The largest absolute Gasteiger partial charge is 0.504 e. The van der Waals surface area contributed by atoms with Gasteiger partial charge in [0.2, 0.25) is 11.2 Å². The van der Waals surface area contributed by atoms with E-state index in [1.807, 2.05) is 6.07 Å². The van der Waals surface area contributed by atoms with Crippen molar-refractivity contribution in [2.45, 2.75) is 77.6 Å². The van der Waals surface area contributed by atoms with E-state index in [-0.39, 0.29) is 16.7 Å². The molecular formula is C27H34O6. The van der Waals surface area contributed by atoms with E-state index >= 15 is 0 Å². The summed E-state index contributed by atoms with van der Waals surface area (Å²) in [7, 11) is 0. The van der Waals surface area contributed by atoms with E-state index < -0.39 is 28.4 Å². The number of hydrogen-bond donors (Lipinski definition) is 4. The fraction of sp³-hybridized carbons (Fsp3) is 0.444. The van der Waals surface area contributed by atoms with Gasteiger partial charge in [-0.05, 0) is 42.7 Å². The predicted molar refractivity (Wildman–Crippen MR) is 130 cm³/mol. The van der Waals surface area contributed by atoms with Crippen LogP contribution in [0.15, 0.2) is 39.5 Å². The molecule has 0 saturated heterocycles. The molecule has 0 amide bonds. The van der Waals surface area contributed by atoms with Crippen molar-refractivity contribution in [1.29, 1.82) is 0 Å². The van der Waals surface area contributed by atoms with Crippen molar-refractivity contribution in [3.8, 4) is 34.3 Å². The molecule has 6 nitrogen and oxygen atoms in total. The van der Waals surface area contributed by atoms with Crippen LogP contribution in [0.25, 0.3) is 22.3 Å². The van der Waals surface area contributed by atoms with Gasteiger partial charge in [0.25, 0.3) is 0 Å². The maximum atomic E-state index is 12.6. The maximum Gasteiger partial charge on any atom is 0.235 e. The molecule has 4 N–H and O–H groups in total. The van der Waals surface area contributed by atoms with Crippen LogP contribution in [-0.4, -0.2) is 20.4 Å². The Bertz CT molecular complexity index is 1110. The summed E-state index contributed by atoms with van der Waals surface area (Å²) in [4.78, 5) is 12.6. The Morgan fingerprint density at radius 1 is 0.727 bits per heavy atom. The van der Waals surface area contributed by atoms with Crippen molar-refractivity contribution >= 4 is 11.0 Å². The number of aromatic hydroxyl groups is 4. The van der Waals surface area contributed by atoms with Gasteiger partial charge in [-0.2, -0.15) is 0 Å². The van der Waals surface area contributed by atoms with Crippen molar-refractivity contribution in [1.82, 2.24) is 0 Å². The van der Waals surface area contributed by atoms with Crippen LogP contribution in [0.4, 0.5) is 0 Å². The predicted octanol–water partition coefficient (Wildman–Crippen LogP) is 6.75. The average Bonchev–Trinajstić information content (AvgIpc) is 2.80. The van der Waals surface area contributed by atoms with Crippen LogP contribution in [-0.2, 0) is 6.42 Å². The maximum absolute atomic E-state index is 12.6. The number of benzene rings is 2. The van der Waals surface area contributed by atoms with Crippen molar-refractivity contribution in [2.24, 2.45) is 0 Å². The highest BCUT2D eigenvalue weighted by Crippen LogP contribution is 2.41. The topological polar surface area (TPSA) is 111 Å². The third-order valence-corrected chi connectivity index (χ3v) is 6.08. The monoisotopic (exact) mass is 454 g/mol. The molecule has 0 aliphatic heterocycles. The third-order valence-electron chi connectivity index (χ3n) is 6.08. The first-order chi connectivity index (χ1) is 15.9. The number of phenolic OH excluding ortho intramolecular Hbond substituents is 3. The zero-order valence-corrected chi connectivity index (χ0v) is 19.3. The minimum absolute atomic E-state index is 0.0828. The Hall–Kier alpha value is -3.15. The molecule has 1 heterocycles. The first kappa shape index (κ1) is 24.5. The number of unbranched alkanes of at least 4 members (excludes halogenated alkanes) is 9. The SMILES string of the molecule is CCCCCCCCCCCCc1ccc2c(=O)c(O)c(-c3cc(O)c(O)c(O)c3)oc2c1. The molecule has 0 bridgehead atoms. The van der Waals surface area contributed by atoms with Crippen molar-refractivity contribution < 1.29 is 24.8 Å². The van der Waals surface area contributed by atoms with Gasteiger partial charge in [0.05, 0.1) is 5.39 Å². The quantitative estimate of drug-likeness (QED) is 0.178. The Balaban J connectivity index is 1.64. The molecule has 0 saturated carbocycles. The standard InChI is InChI=1S/C27H34O6/c1-2-3-4-5-6-7-8-9-10-11-12-18-13-14-20-23(15-18)33-27(26(32)24(20)30)19-16-21(28)25(31)22(29)17-19/h13-17,28-29,31-32H,2-12H2,1H3. The second-order valence-corrected chi connectivity index (χ2v) is 8.73. The molecule has 33 heavy (non-hydrogen) atoms. The molecule has 0 aliphatic carbocycles. The zero-order valence-electron chi connectivity index (χ0n) is 19.3. The summed E-state index contributed by atoms with van der Waals surface area (Å²) in [5.41, 5.74) is 0.853. The summed E-state index contributed by atoms with van der Waals surface area (Å²) in [5, 5.41) is 39.7. The zero-order chi connectivity index (χ0) is 23.8. The molecule has 0 aliphatic rings. The first-order valence-corrected chi connectivity index (χ1v) is 12.0. The average molecular weight is 455 g/mol.